The minimum Gasteiger partial charge on any atom is -0.229 e. The predicted octanol–water partition coefficient (Wildman–Crippen LogP) is 1.56. The van der Waals surface area contributed by atoms with Crippen LogP contribution >= 0.6 is 12.4 Å². The third-order valence-electron chi connectivity index (χ3n) is 1.39. The standard InChI is InChI=1S/C7H5NOS.ClH/c9-10-7-4-2-1-3-6(7)5-8-10;/h1-5H;1H. The summed E-state index contributed by atoms with van der Waals surface area (Å²) in [6.07, 6.45) is 1.64. The van der Waals surface area contributed by atoms with Crippen LogP contribution in [0.3, 0.4) is 0 Å². The number of benzene rings is 1. The van der Waals surface area contributed by atoms with Crippen molar-refractivity contribution in [2.24, 2.45) is 4.40 Å². The van der Waals surface area contributed by atoms with E-state index in [1.807, 2.05) is 24.3 Å². The van der Waals surface area contributed by atoms with Gasteiger partial charge in [0, 0.05) is 11.8 Å². The van der Waals surface area contributed by atoms with Crippen LogP contribution in [0.15, 0.2) is 33.6 Å². The summed E-state index contributed by atoms with van der Waals surface area (Å²) in [5.74, 6) is 0. The van der Waals surface area contributed by atoms with E-state index in [1.54, 1.807) is 6.21 Å². The highest BCUT2D eigenvalue weighted by molar-refractivity contribution is 7.84. The highest BCUT2D eigenvalue weighted by Gasteiger charge is 2.11. The number of fused-ring (bicyclic) bond motifs is 1. The van der Waals surface area contributed by atoms with Gasteiger partial charge in [-0.05, 0) is 6.07 Å². The highest BCUT2D eigenvalue weighted by atomic mass is 35.5. The summed E-state index contributed by atoms with van der Waals surface area (Å²) < 4.78 is 14.7. The van der Waals surface area contributed by atoms with Crippen LogP contribution in [0.2, 0.25) is 0 Å². The Morgan fingerprint density at radius 2 is 2.00 bits per heavy atom. The van der Waals surface area contributed by atoms with Crippen molar-refractivity contribution >= 4 is 29.6 Å². The van der Waals surface area contributed by atoms with Gasteiger partial charge in [0.25, 0.3) is 0 Å². The Hall–Kier alpha value is -0.670. The third kappa shape index (κ3) is 1.34. The number of nitrogens with zero attached hydrogens (tertiary/aromatic N) is 1. The lowest BCUT2D eigenvalue weighted by Crippen LogP contribution is -1.82. The normalized spacial score (nSPS) is 19.1. The molecule has 0 N–H and O–H groups in total. The summed E-state index contributed by atoms with van der Waals surface area (Å²) in [6, 6.07) is 7.51. The van der Waals surface area contributed by atoms with Crippen LogP contribution in [0.5, 0.6) is 0 Å². The van der Waals surface area contributed by atoms with E-state index in [0.717, 1.165) is 10.5 Å². The van der Waals surface area contributed by atoms with Gasteiger partial charge in [-0.2, -0.15) is 4.40 Å². The zero-order valence-corrected chi connectivity index (χ0v) is 7.19. The minimum atomic E-state index is -1.13. The molecule has 1 atom stereocenters. The second kappa shape index (κ2) is 3.15. The fraction of sp³-hybridized carbons (Fsp3) is 0. The quantitative estimate of drug-likeness (QED) is 0.606. The first-order valence-corrected chi connectivity index (χ1v) is 4.03. The molecule has 1 aromatic rings. The first-order valence-electron chi connectivity index (χ1n) is 2.93. The lowest BCUT2D eigenvalue weighted by molar-refractivity contribution is 0.685. The molecule has 0 amide bonds. The summed E-state index contributed by atoms with van der Waals surface area (Å²) in [6.45, 7) is 0. The van der Waals surface area contributed by atoms with Crippen molar-refractivity contribution in [3.8, 4) is 0 Å². The van der Waals surface area contributed by atoms with Crippen molar-refractivity contribution in [3.63, 3.8) is 0 Å². The highest BCUT2D eigenvalue weighted by Crippen LogP contribution is 2.17. The average Bonchev–Trinajstić information content (AvgIpc) is 2.34. The smallest absolute Gasteiger partial charge is 0.173 e. The topological polar surface area (TPSA) is 29.4 Å². The van der Waals surface area contributed by atoms with E-state index in [2.05, 4.69) is 4.40 Å². The van der Waals surface area contributed by atoms with E-state index in [9.17, 15) is 4.21 Å². The van der Waals surface area contributed by atoms with Gasteiger partial charge in [0.05, 0.1) is 4.90 Å². The van der Waals surface area contributed by atoms with Gasteiger partial charge in [-0.3, -0.25) is 0 Å². The molecule has 0 radical (unpaired) electrons. The van der Waals surface area contributed by atoms with Crippen LogP contribution in [0.1, 0.15) is 5.56 Å². The Morgan fingerprint density at radius 1 is 1.27 bits per heavy atom. The van der Waals surface area contributed by atoms with Crippen molar-refractivity contribution < 1.29 is 4.21 Å². The van der Waals surface area contributed by atoms with Gasteiger partial charge in [-0.1, -0.05) is 18.2 Å². The molecular weight excluding hydrogens is 182 g/mol. The van der Waals surface area contributed by atoms with Crippen LogP contribution in [-0.4, -0.2) is 10.4 Å². The molecule has 58 valence electrons. The number of hydrogen-bond donors (Lipinski definition) is 0. The monoisotopic (exact) mass is 187 g/mol. The summed E-state index contributed by atoms with van der Waals surface area (Å²) >= 11 is 0. The second-order valence-corrected chi connectivity index (χ2v) is 3.17. The Balaban J connectivity index is 0.000000605. The molecule has 1 aliphatic heterocycles. The summed E-state index contributed by atoms with van der Waals surface area (Å²) in [4.78, 5) is 0.822. The van der Waals surface area contributed by atoms with Crippen LogP contribution in [0.4, 0.5) is 0 Å². The third-order valence-corrected chi connectivity index (χ3v) is 2.44. The lowest BCUT2D eigenvalue weighted by Gasteiger charge is -1.90. The number of hydrogen-bond acceptors (Lipinski definition) is 1. The maximum Gasteiger partial charge on any atom is 0.173 e. The van der Waals surface area contributed by atoms with Gasteiger partial charge in [-0.25, -0.2) is 4.21 Å². The van der Waals surface area contributed by atoms with Gasteiger partial charge in [0.1, 0.15) is 0 Å². The maximum absolute atomic E-state index is 11.0. The molecule has 11 heavy (non-hydrogen) atoms. The van der Waals surface area contributed by atoms with Crippen molar-refractivity contribution in [2.75, 3.05) is 0 Å². The molecule has 1 aromatic carbocycles. The van der Waals surface area contributed by atoms with Gasteiger partial charge >= 0.3 is 0 Å². The van der Waals surface area contributed by atoms with Gasteiger partial charge < -0.3 is 0 Å². The summed E-state index contributed by atoms with van der Waals surface area (Å²) in [5, 5.41) is 0. The molecule has 0 aromatic heterocycles. The Labute approximate surface area is 73.3 Å². The van der Waals surface area contributed by atoms with Gasteiger partial charge in [-0.15, -0.1) is 12.4 Å². The van der Waals surface area contributed by atoms with E-state index >= 15 is 0 Å². The van der Waals surface area contributed by atoms with Crippen molar-refractivity contribution in [3.05, 3.63) is 29.8 Å². The molecule has 1 heterocycles. The fourth-order valence-electron chi connectivity index (χ4n) is 0.908. The molecule has 4 heteroatoms. The average molecular weight is 188 g/mol. The van der Waals surface area contributed by atoms with Crippen molar-refractivity contribution in [2.45, 2.75) is 4.90 Å². The van der Waals surface area contributed by atoms with Gasteiger partial charge in [0.15, 0.2) is 11.0 Å². The largest absolute Gasteiger partial charge is 0.229 e. The fourth-order valence-corrected chi connectivity index (χ4v) is 1.75. The molecule has 0 fully saturated rings. The van der Waals surface area contributed by atoms with Crippen LogP contribution in [0.25, 0.3) is 0 Å². The molecular formula is C7H6ClNOS. The molecule has 0 aliphatic carbocycles. The van der Waals surface area contributed by atoms with E-state index in [0.29, 0.717) is 0 Å². The molecule has 0 bridgehead atoms. The van der Waals surface area contributed by atoms with Crippen molar-refractivity contribution in [1.29, 1.82) is 0 Å². The van der Waals surface area contributed by atoms with Gasteiger partial charge in [0.2, 0.25) is 0 Å². The molecule has 1 unspecified atom stereocenters. The summed E-state index contributed by atoms with van der Waals surface area (Å²) in [7, 11) is -1.13. The Bertz CT molecular complexity index is 324. The van der Waals surface area contributed by atoms with E-state index < -0.39 is 11.0 Å². The van der Waals surface area contributed by atoms with E-state index in [-0.39, 0.29) is 12.4 Å². The molecule has 1 aliphatic rings. The first-order chi connectivity index (χ1) is 4.88. The Morgan fingerprint density at radius 3 is 2.73 bits per heavy atom. The number of rotatable bonds is 0. The van der Waals surface area contributed by atoms with Crippen LogP contribution in [-0.2, 0) is 11.0 Å². The first kappa shape index (κ1) is 8.43. The molecule has 2 nitrogen and oxygen atoms in total. The molecule has 2 rings (SSSR count). The van der Waals surface area contributed by atoms with Crippen LogP contribution in [0, 0.1) is 0 Å². The Kier molecular flexibility index (Phi) is 2.42. The van der Waals surface area contributed by atoms with E-state index in [1.165, 1.54) is 0 Å². The molecule has 0 saturated heterocycles. The maximum atomic E-state index is 11.0. The summed E-state index contributed by atoms with van der Waals surface area (Å²) in [5.41, 5.74) is 0.973. The SMILES string of the molecule is Cl.O=S1N=Cc2ccccc21. The second-order valence-electron chi connectivity index (χ2n) is 2.02. The van der Waals surface area contributed by atoms with Crippen molar-refractivity contribution in [1.82, 2.24) is 0 Å². The number of halogens is 1. The zero-order valence-electron chi connectivity index (χ0n) is 5.56. The predicted molar refractivity (Wildman–Crippen MR) is 47.7 cm³/mol. The lowest BCUT2D eigenvalue weighted by atomic mass is 10.2. The zero-order chi connectivity index (χ0) is 6.97. The van der Waals surface area contributed by atoms with Crippen LogP contribution < -0.4 is 0 Å². The molecule has 0 spiro atoms. The molecule has 0 saturated carbocycles. The minimum absolute atomic E-state index is 0. The van der Waals surface area contributed by atoms with E-state index in [4.69, 9.17) is 0 Å².